The molecule has 19 heavy (non-hydrogen) atoms. The summed E-state index contributed by atoms with van der Waals surface area (Å²) in [5.41, 5.74) is 0.915. The van der Waals surface area contributed by atoms with Crippen molar-refractivity contribution in [3.05, 3.63) is 63.1 Å². The molecule has 0 bridgehead atoms. The zero-order chi connectivity index (χ0) is 13.8. The number of hydrogen-bond donors (Lipinski definition) is 1. The number of carboxylic acids is 1. The van der Waals surface area contributed by atoms with Crippen LogP contribution in [0.5, 0.6) is 5.75 Å². The van der Waals surface area contributed by atoms with E-state index >= 15 is 0 Å². The smallest absolute Gasteiger partial charge is 0.339 e. The van der Waals surface area contributed by atoms with E-state index in [1.807, 2.05) is 18.2 Å². The van der Waals surface area contributed by atoms with E-state index in [0.717, 1.165) is 5.56 Å². The van der Waals surface area contributed by atoms with E-state index in [0.29, 0.717) is 15.2 Å². The summed E-state index contributed by atoms with van der Waals surface area (Å²) >= 11 is 9.31. The lowest BCUT2D eigenvalue weighted by molar-refractivity contribution is 0.0691. The second-order valence-corrected chi connectivity index (χ2v) is 5.06. The topological polar surface area (TPSA) is 46.5 Å². The molecule has 3 nitrogen and oxygen atoms in total. The van der Waals surface area contributed by atoms with Gasteiger partial charge in [-0.15, -0.1) is 0 Å². The van der Waals surface area contributed by atoms with Crippen LogP contribution in [0.3, 0.4) is 0 Å². The molecule has 0 aliphatic rings. The lowest BCUT2D eigenvalue weighted by Gasteiger charge is -2.11. The monoisotopic (exact) mass is 340 g/mol. The fourth-order valence-electron chi connectivity index (χ4n) is 1.59. The van der Waals surface area contributed by atoms with E-state index < -0.39 is 5.97 Å². The van der Waals surface area contributed by atoms with E-state index in [1.54, 1.807) is 18.2 Å². The van der Waals surface area contributed by atoms with Gasteiger partial charge in [-0.1, -0.05) is 35.9 Å². The Bertz CT molecular complexity index is 613. The summed E-state index contributed by atoms with van der Waals surface area (Å²) in [4.78, 5) is 11.1. The van der Waals surface area contributed by atoms with Crippen molar-refractivity contribution >= 4 is 33.5 Å². The molecule has 0 saturated heterocycles. The normalized spacial score (nSPS) is 10.2. The van der Waals surface area contributed by atoms with E-state index in [9.17, 15) is 4.79 Å². The molecule has 0 spiro atoms. The largest absolute Gasteiger partial charge is 0.487 e. The fraction of sp³-hybridized carbons (Fsp3) is 0.0714. The summed E-state index contributed by atoms with van der Waals surface area (Å²) in [5, 5.41) is 9.70. The summed E-state index contributed by atoms with van der Waals surface area (Å²) in [7, 11) is 0. The van der Waals surface area contributed by atoms with Crippen LogP contribution in [-0.2, 0) is 6.61 Å². The van der Waals surface area contributed by atoms with Crippen molar-refractivity contribution in [2.75, 3.05) is 0 Å². The second-order valence-electron chi connectivity index (χ2n) is 3.80. The summed E-state index contributed by atoms with van der Waals surface area (Å²) in [6, 6.07) is 12.1. The van der Waals surface area contributed by atoms with Crippen molar-refractivity contribution in [3.8, 4) is 5.75 Å². The van der Waals surface area contributed by atoms with Crippen LogP contribution in [0, 0.1) is 0 Å². The van der Waals surface area contributed by atoms with Crippen LogP contribution in [-0.4, -0.2) is 11.1 Å². The number of ether oxygens (including phenoxy) is 1. The van der Waals surface area contributed by atoms with Gasteiger partial charge in [0, 0.05) is 10.6 Å². The van der Waals surface area contributed by atoms with Gasteiger partial charge in [0.25, 0.3) is 0 Å². The Balaban J connectivity index is 2.25. The first kappa shape index (κ1) is 13.9. The zero-order valence-electron chi connectivity index (χ0n) is 9.77. The highest BCUT2D eigenvalue weighted by Gasteiger charge is 2.14. The third kappa shape index (κ3) is 3.28. The first-order valence-corrected chi connectivity index (χ1v) is 6.64. The third-order valence-corrected chi connectivity index (χ3v) is 3.52. The number of para-hydroxylation sites is 1. The Kier molecular flexibility index (Phi) is 4.45. The summed E-state index contributed by atoms with van der Waals surface area (Å²) in [6.07, 6.45) is 0. The maximum Gasteiger partial charge on any atom is 0.339 e. The minimum Gasteiger partial charge on any atom is -0.487 e. The van der Waals surface area contributed by atoms with Crippen molar-refractivity contribution < 1.29 is 14.6 Å². The Morgan fingerprint density at radius 3 is 2.63 bits per heavy atom. The molecule has 0 aliphatic heterocycles. The van der Waals surface area contributed by atoms with Gasteiger partial charge in [0.1, 0.15) is 17.9 Å². The van der Waals surface area contributed by atoms with Gasteiger partial charge in [-0.3, -0.25) is 0 Å². The molecule has 0 amide bonds. The van der Waals surface area contributed by atoms with Crippen LogP contribution in [0.1, 0.15) is 15.9 Å². The van der Waals surface area contributed by atoms with Crippen molar-refractivity contribution in [3.63, 3.8) is 0 Å². The van der Waals surface area contributed by atoms with Crippen LogP contribution in [0.25, 0.3) is 0 Å². The highest BCUT2D eigenvalue weighted by Crippen LogP contribution is 2.30. The predicted octanol–water partition coefficient (Wildman–Crippen LogP) is 4.38. The minimum absolute atomic E-state index is 0.112. The summed E-state index contributed by atoms with van der Waals surface area (Å²) in [5.74, 6) is -0.731. The molecule has 0 saturated carbocycles. The van der Waals surface area contributed by atoms with Gasteiger partial charge in [0.15, 0.2) is 0 Å². The van der Waals surface area contributed by atoms with Crippen molar-refractivity contribution in [1.82, 2.24) is 0 Å². The van der Waals surface area contributed by atoms with Gasteiger partial charge in [0.05, 0.1) is 4.47 Å². The molecular weight excluding hydrogens is 332 g/mol. The maximum atomic E-state index is 11.1. The van der Waals surface area contributed by atoms with E-state index in [4.69, 9.17) is 21.4 Å². The molecule has 0 radical (unpaired) electrons. The van der Waals surface area contributed by atoms with Crippen molar-refractivity contribution in [1.29, 1.82) is 0 Å². The van der Waals surface area contributed by atoms with Crippen LogP contribution < -0.4 is 4.74 Å². The average Bonchev–Trinajstić information content (AvgIpc) is 2.38. The third-order valence-electron chi connectivity index (χ3n) is 2.53. The molecule has 2 rings (SSSR count). The fourth-order valence-corrected chi connectivity index (χ4v) is 2.26. The van der Waals surface area contributed by atoms with Gasteiger partial charge in [0.2, 0.25) is 0 Å². The minimum atomic E-state index is -1.03. The first-order valence-electron chi connectivity index (χ1n) is 5.47. The zero-order valence-corrected chi connectivity index (χ0v) is 12.1. The first-order chi connectivity index (χ1) is 9.09. The number of benzene rings is 2. The number of carbonyl (C=O) groups is 1. The number of aromatic carboxylic acids is 1. The molecule has 98 valence electrons. The molecule has 0 aliphatic carbocycles. The van der Waals surface area contributed by atoms with Gasteiger partial charge >= 0.3 is 5.97 Å². The molecule has 0 unspecified atom stereocenters. The molecule has 0 fully saturated rings. The van der Waals surface area contributed by atoms with Crippen LogP contribution in [0.15, 0.2) is 46.9 Å². The summed E-state index contributed by atoms with van der Waals surface area (Å²) in [6.45, 7) is 0.211. The molecule has 1 N–H and O–H groups in total. The van der Waals surface area contributed by atoms with E-state index in [1.165, 1.54) is 6.07 Å². The van der Waals surface area contributed by atoms with Crippen LogP contribution in [0.4, 0.5) is 0 Å². The lowest BCUT2D eigenvalue weighted by Crippen LogP contribution is -2.04. The lowest BCUT2D eigenvalue weighted by atomic mass is 10.2. The summed E-state index contributed by atoms with van der Waals surface area (Å²) < 4.78 is 6.18. The number of rotatable bonds is 4. The number of hydrogen-bond acceptors (Lipinski definition) is 2. The molecule has 5 heteroatoms. The number of halogens is 2. The van der Waals surface area contributed by atoms with E-state index in [2.05, 4.69) is 15.9 Å². The molecule has 0 heterocycles. The molecular formula is C14H10BrClO3. The second kappa shape index (κ2) is 6.08. The molecule has 0 atom stereocenters. The Morgan fingerprint density at radius 1 is 1.21 bits per heavy atom. The standard InChI is InChI=1S/C14H10BrClO3/c15-11-6-3-5-10(14(17)18)13(11)19-8-9-4-1-2-7-12(9)16/h1-7H,8H2,(H,17,18). The Hall–Kier alpha value is -1.52. The number of carboxylic acid groups (broad SMARTS) is 1. The Labute approximate surface area is 123 Å². The van der Waals surface area contributed by atoms with Gasteiger partial charge < -0.3 is 9.84 Å². The molecule has 2 aromatic rings. The highest BCUT2D eigenvalue weighted by atomic mass is 79.9. The predicted molar refractivity (Wildman–Crippen MR) is 76.9 cm³/mol. The van der Waals surface area contributed by atoms with E-state index in [-0.39, 0.29) is 12.2 Å². The molecule has 2 aromatic carbocycles. The Morgan fingerprint density at radius 2 is 1.95 bits per heavy atom. The average molecular weight is 342 g/mol. The van der Waals surface area contributed by atoms with Crippen molar-refractivity contribution in [2.45, 2.75) is 6.61 Å². The quantitative estimate of drug-likeness (QED) is 0.897. The van der Waals surface area contributed by atoms with Gasteiger partial charge in [-0.25, -0.2) is 4.79 Å². The maximum absolute atomic E-state index is 11.1. The van der Waals surface area contributed by atoms with Gasteiger partial charge in [-0.2, -0.15) is 0 Å². The highest BCUT2D eigenvalue weighted by molar-refractivity contribution is 9.10. The SMILES string of the molecule is O=C(O)c1cccc(Br)c1OCc1ccccc1Cl. The van der Waals surface area contributed by atoms with Crippen LogP contribution in [0.2, 0.25) is 5.02 Å². The molecule has 0 aromatic heterocycles. The van der Waals surface area contributed by atoms with Gasteiger partial charge in [-0.05, 0) is 34.1 Å². The van der Waals surface area contributed by atoms with Crippen molar-refractivity contribution in [2.24, 2.45) is 0 Å². The van der Waals surface area contributed by atoms with Crippen LogP contribution >= 0.6 is 27.5 Å².